The summed E-state index contributed by atoms with van der Waals surface area (Å²) in [6, 6.07) is 3.57. The summed E-state index contributed by atoms with van der Waals surface area (Å²) in [5.74, 6) is -1.86. The van der Waals surface area contributed by atoms with Crippen molar-refractivity contribution in [3.63, 3.8) is 0 Å². The first-order chi connectivity index (χ1) is 11.7. The Morgan fingerprint density at radius 3 is 2.56 bits per heavy atom. The summed E-state index contributed by atoms with van der Waals surface area (Å²) in [5.41, 5.74) is -0.216. The molecule has 0 amide bonds. The monoisotopic (exact) mass is 425 g/mol. The molecule has 0 aliphatic carbocycles. The Bertz CT molecular complexity index is 910. The number of thiophene rings is 1. The number of carboxylic acid groups (broad SMARTS) is 1. The highest BCUT2D eigenvalue weighted by molar-refractivity contribution is 7.93. The topological polar surface area (TPSA) is 113 Å². The van der Waals surface area contributed by atoms with Gasteiger partial charge in [-0.25, -0.2) is 13.2 Å². The van der Waals surface area contributed by atoms with Crippen LogP contribution < -0.4 is 4.72 Å². The van der Waals surface area contributed by atoms with E-state index in [4.69, 9.17) is 33.0 Å². The van der Waals surface area contributed by atoms with Gasteiger partial charge in [-0.15, -0.1) is 11.3 Å². The van der Waals surface area contributed by atoms with Crippen molar-refractivity contribution in [2.75, 3.05) is 18.4 Å². The van der Waals surface area contributed by atoms with Gasteiger partial charge in [-0.1, -0.05) is 23.2 Å². The number of hydrogen-bond acceptors (Lipinski definition) is 6. The second-order valence-electron chi connectivity index (χ2n) is 4.83. The maximum Gasteiger partial charge on any atom is 0.339 e. The third-order valence-electron chi connectivity index (χ3n) is 3.23. The third kappa shape index (κ3) is 4.36. The van der Waals surface area contributed by atoms with Crippen LogP contribution in [0.5, 0.6) is 5.75 Å². The van der Waals surface area contributed by atoms with Crippen molar-refractivity contribution in [2.24, 2.45) is 0 Å². The molecule has 0 saturated carbocycles. The lowest BCUT2D eigenvalue weighted by atomic mass is 10.0. The summed E-state index contributed by atoms with van der Waals surface area (Å²) in [4.78, 5) is 10.9. The summed E-state index contributed by atoms with van der Waals surface area (Å²) >= 11 is 12.6. The zero-order valence-corrected chi connectivity index (χ0v) is 15.9. The van der Waals surface area contributed by atoms with Crippen LogP contribution in [0.25, 0.3) is 0 Å². The Hall–Kier alpha value is -1.52. The number of benzene rings is 1. The molecule has 2 rings (SSSR count). The molecule has 0 saturated heterocycles. The Kier molecular flexibility index (Phi) is 6.17. The van der Waals surface area contributed by atoms with E-state index in [1.165, 1.54) is 19.2 Å². The van der Waals surface area contributed by atoms with Gasteiger partial charge in [0.15, 0.2) is 0 Å². The molecular formula is C14H13Cl2NO6S2. The van der Waals surface area contributed by atoms with Gasteiger partial charge in [-0.2, -0.15) is 0 Å². The lowest BCUT2D eigenvalue weighted by Crippen LogP contribution is -2.15. The molecule has 7 nitrogen and oxygen atoms in total. The Labute approximate surface area is 157 Å². The number of nitrogens with one attached hydrogen (secondary N) is 1. The van der Waals surface area contributed by atoms with E-state index >= 15 is 0 Å². The van der Waals surface area contributed by atoms with Crippen LogP contribution in [0.2, 0.25) is 8.67 Å². The smallest absolute Gasteiger partial charge is 0.339 e. The van der Waals surface area contributed by atoms with Crippen LogP contribution in [0.3, 0.4) is 0 Å². The number of sulfonamides is 1. The summed E-state index contributed by atoms with van der Waals surface area (Å²) in [6.07, 6.45) is 0.0967. The molecule has 25 heavy (non-hydrogen) atoms. The Morgan fingerprint density at radius 2 is 2.04 bits per heavy atom. The van der Waals surface area contributed by atoms with E-state index in [1.54, 1.807) is 0 Å². The minimum atomic E-state index is -4.08. The molecule has 1 aromatic carbocycles. The number of methoxy groups -OCH3 is 1. The number of carboxylic acids is 1. The lowest BCUT2D eigenvalue weighted by molar-refractivity contribution is 0.0693. The third-order valence-corrected chi connectivity index (χ3v) is 6.35. The molecule has 1 heterocycles. The van der Waals surface area contributed by atoms with Gasteiger partial charge in [-0.05, 0) is 18.2 Å². The van der Waals surface area contributed by atoms with Crippen LogP contribution in [0.1, 0.15) is 15.9 Å². The largest absolute Gasteiger partial charge is 0.507 e. The fourth-order valence-electron chi connectivity index (χ4n) is 2.07. The van der Waals surface area contributed by atoms with Crippen LogP contribution >= 0.6 is 34.5 Å². The highest BCUT2D eigenvalue weighted by atomic mass is 35.5. The molecule has 1 aromatic heterocycles. The average Bonchev–Trinajstić information content (AvgIpc) is 2.86. The predicted molar refractivity (Wildman–Crippen MR) is 95.8 cm³/mol. The second-order valence-corrected chi connectivity index (χ2v) is 8.77. The maximum atomic E-state index is 12.5. The predicted octanol–water partition coefficient (Wildman–Crippen LogP) is 3.45. The average molecular weight is 426 g/mol. The van der Waals surface area contributed by atoms with Gasteiger partial charge in [0, 0.05) is 19.1 Å². The van der Waals surface area contributed by atoms with Crippen molar-refractivity contribution in [1.82, 2.24) is 0 Å². The van der Waals surface area contributed by atoms with Crippen LogP contribution in [0.4, 0.5) is 5.69 Å². The van der Waals surface area contributed by atoms with Gasteiger partial charge >= 0.3 is 5.97 Å². The summed E-state index contributed by atoms with van der Waals surface area (Å²) in [6.45, 7) is 0.149. The summed E-state index contributed by atoms with van der Waals surface area (Å²) < 4.78 is 32.4. The van der Waals surface area contributed by atoms with E-state index in [0.717, 1.165) is 17.4 Å². The SMILES string of the molecule is COCCc1c(NS(=O)(=O)c2cc(Cl)sc2Cl)ccc(C(=O)O)c1O. The Balaban J connectivity index is 2.49. The van der Waals surface area contributed by atoms with Crippen LogP contribution in [0, 0.1) is 0 Å². The number of hydrogen-bond donors (Lipinski definition) is 3. The van der Waals surface area contributed by atoms with E-state index in [9.17, 15) is 18.3 Å². The molecule has 2 aromatic rings. The Morgan fingerprint density at radius 1 is 1.36 bits per heavy atom. The van der Waals surface area contributed by atoms with Crippen molar-refractivity contribution in [2.45, 2.75) is 11.3 Å². The molecule has 3 N–H and O–H groups in total. The number of halogens is 2. The molecule has 0 aliphatic rings. The van der Waals surface area contributed by atoms with E-state index in [0.29, 0.717) is 0 Å². The first-order valence-electron chi connectivity index (χ1n) is 6.72. The van der Waals surface area contributed by atoms with E-state index in [2.05, 4.69) is 4.72 Å². The molecule has 0 aliphatic heterocycles. The molecule has 136 valence electrons. The quantitative estimate of drug-likeness (QED) is 0.625. The van der Waals surface area contributed by atoms with Gasteiger partial charge < -0.3 is 14.9 Å². The van der Waals surface area contributed by atoms with Crippen molar-refractivity contribution >= 4 is 56.2 Å². The van der Waals surface area contributed by atoms with E-state index < -0.39 is 21.7 Å². The fraction of sp³-hybridized carbons (Fsp3) is 0.214. The lowest BCUT2D eigenvalue weighted by Gasteiger charge is -2.15. The van der Waals surface area contributed by atoms with Gasteiger partial charge in [0.25, 0.3) is 10.0 Å². The molecule has 0 radical (unpaired) electrons. The minimum absolute atomic E-state index is 0.0117. The number of rotatable bonds is 7. The van der Waals surface area contributed by atoms with Crippen LogP contribution in [-0.2, 0) is 21.2 Å². The zero-order valence-electron chi connectivity index (χ0n) is 12.7. The summed E-state index contributed by atoms with van der Waals surface area (Å²) in [5, 5.41) is 19.3. The molecule has 0 atom stereocenters. The van der Waals surface area contributed by atoms with E-state index in [-0.39, 0.29) is 43.4 Å². The van der Waals surface area contributed by atoms with Crippen molar-refractivity contribution in [3.8, 4) is 5.75 Å². The van der Waals surface area contributed by atoms with Crippen molar-refractivity contribution in [3.05, 3.63) is 38.0 Å². The molecular weight excluding hydrogens is 413 g/mol. The van der Waals surface area contributed by atoms with Crippen molar-refractivity contribution < 1.29 is 28.2 Å². The number of aromatic hydroxyl groups is 1. The molecule has 0 unspecified atom stereocenters. The number of phenols is 1. The highest BCUT2D eigenvalue weighted by Crippen LogP contribution is 2.37. The fourth-order valence-corrected chi connectivity index (χ4v) is 5.31. The van der Waals surface area contributed by atoms with Gasteiger partial charge in [0.05, 0.1) is 16.6 Å². The molecule has 0 spiro atoms. The van der Waals surface area contributed by atoms with Crippen molar-refractivity contribution in [1.29, 1.82) is 0 Å². The van der Waals surface area contributed by atoms with E-state index in [1.807, 2.05) is 0 Å². The number of ether oxygens (including phenoxy) is 1. The molecule has 0 bridgehead atoms. The molecule has 0 fully saturated rings. The van der Waals surface area contributed by atoms with Gasteiger partial charge in [0.2, 0.25) is 0 Å². The number of aromatic carboxylic acids is 1. The first kappa shape index (κ1) is 19.8. The normalized spacial score (nSPS) is 11.5. The van der Waals surface area contributed by atoms with Gasteiger partial charge in [0.1, 0.15) is 20.5 Å². The highest BCUT2D eigenvalue weighted by Gasteiger charge is 2.24. The molecule has 11 heteroatoms. The standard InChI is InChI=1S/C14H13Cl2NO6S2/c1-23-5-4-7-9(3-2-8(12(7)18)14(19)20)17-25(21,22)10-6-11(15)24-13(10)16/h2-3,6,17-18H,4-5H2,1H3,(H,19,20). The van der Waals surface area contributed by atoms with Gasteiger partial charge in [-0.3, -0.25) is 4.72 Å². The summed E-state index contributed by atoms with van der Waals surface area (Å²) in [7, 11) is -2.65. The first-order valence-corrected chi connectivity index (χ1v) is 9.77. The zero-order chi connectivity index (χ0) is 18.8. The maximum absolute atomic E-state index is 12.5. The number of carbonyl (C=O) groups is 1. The number of anilines is 1. The van der Waals surface area contributed by atoms with Crippen LogP contribution in [-0.4, -0.2) is 38.3 Å². The van der Waals surface area contributed by atoms with Crippen LogP contribution in [0.15, 0.2) is 23.1 Å². The second kappa shape index (κ2) is 7.79. The minimum Gasteiger partial charge on any atom is -0.507 e.